The van der Waals surface area contributed by atoms with Crippen molar-refractivity contribution in [1.29, 1.82) is 0 Å². The molecule has 0 bridgehead atoms. The zero-order chi connectivity index (χ0) is 16.4. The van der Waals surface area contributed by atoms with Crippen LogP contribution >= 0.6 is 0 Å². The SMILES string of the molecule is c1ccc2cc3c(ccc4c3c3cccnc3c3ccnn34)cc2c1. The predicted octanol–water partition coefficient (Wildman–Crippen LogP) is 5.34. The summed E-state index contributed by atoms with van der Waals surface area (Å²) in [7, 11) is 0. The average Bonchev–Trinajstić information content (AvgIpc) is 3.16. The largest absolute Gasteiger partial charge is 0.254 e. The molecule has 0 unspecified atom stereocenters. The van der Waals surface area contributed by atoms with Gasteiger partial charge < -0.3 is 0 Å². The summed E-state index contributed by atoms with van der Waals surface area (Å²) < 4.78 is 2.00. The van der Waals surface area contributed by atoms with Crippen LogP contribution in [0.15, 0.2) is 79.1 Å². The first-order valence-electron chi connectivity index (χ1n) is 8.36. The molecule has 3 heteroatoms. The molecule has 0 N–H and O–H groups in total. The van der Waals surface area contributed by atoms with Crippen molar-refractivity contribution in [3.8, 4) is 0 Å². The third kappa shape index (κ3) is 1.64. The number of aromatic nitrogens is 3. The normalized spacial score (nSPS) is 12.0. The van der Waals surface area contributed by atoms with Crippen molar-refractivity contribution in [2.75, 3.05) is 0 Å². The van der Waals surface area contributed by atoms with Crippen molar-refractivity contribution < 1.29 is 0 Å². The van der Waals surface area contributed by atoms with Crippen molar-refractivity contribution in [1.82, 2.24) is 14.6 Å². The first-order chi connectivity index (χ1) is 12.4. The lowest BCUT2D eigenvalue weighted by molar-refractivity contribution is 1.01. The Labute approximate surface area is 143 Å². The highest BCUT2D eigenvalue weighted by atomic mass is 15.2. The highest BCUT2D eigenvalue weighted by Gasteiger charge is 2.12. The van der Waals surface area contributed by atoms with Gasteiger partial charge in [0.2, 0.25) is 0 Å². The second kappa shape index (κ2) is 4.54. The summed E-state index contributed by atoms with van der Waals surface area (Å²) in [6, 6.07) is 23.6. The molecule has 0 fully saturated rings. The van der Waals surface area contributed by atoms with Gasteiger partial charge >= 0.3 is 0 Å². The van der Waals surface area contributed by atoms with Gasteiger partial charge in [0.1, 0.15) is 0 Å². The van der Waals surface area contributed by atoms with Crippen LogP contribution in [-0.4, -0.2) is 14.6 Å². The van der Waals surface area contributed by atoms with E-state index in [1.54, 1.807) is 0 Å². The van der Waals surface area contributed by atoms with Crippen LogP contribution in [-0.2, 0) is 0 Å². The number of hydrogen-bond donors (Lipinski definition) is 0. The van der Waals surface area contributed by atoms with Gasteiger partial charge in [-0.1, -0.05) is 36.4 Å². The van der Waals surface area contributed by atoms with E-state index in [0.717, 1.165) is 16.6 Å². The average molecular weight is 319 g/mol. The molecule has 116 valence electrons. The van der Waals surface area contributed by atoms with E-state index in [2.05, 4.69) is 64.7 Å². The Balaban J connectivity index is 1.98. The van der Waals surface area contributed by atoms with Crippen molar-refractivity contribution in [3.05, 3.63) is 79.1 Å². The first kappa shape index (κ1) is 12.9. The Morgan fingerprint density at radius 2 is 1.52 bits per heavy atom. The van der Waals surface area contributed by atoms with Gasteiger partial charge in [0.25, 0.3) is 0 Å². The van der Waals surface area contributed by atoms with Crippen LogP contribution in [0.5, 0.6) is 0 Å². The molecule has 0 aliphatic rings. The van der Waals surface area contributed by atoms with Gasteiger partial charge in [-0.05, 0) is 51.9 Å². The molecule has 0 amide bonds. The molecule has 0 aliphatic heterocycles. The summed E-state index contributed by atoms with van der Waals surface area (Å²) in [5.41, 5.74) is 3.15. The van der Waals surface area contributed by atoms with E-state index in [1.807, 2.05) is 29.0 Å². The van der Waals surface area contributed by atoms with Crippen LogP contribution in [0.3, 0.4) is 0 Å². The topological polar surface area (TPSA) is 30.2 Å². The van der Waals surface area contributed by atoms with E-state index >= 15 is 0 Å². The van der Waals surface area contributed by atoms with Gasteiger partial charge in [-0.25, -0.2) is 4.52 Å². The third-order valence-electron chi connectivity index (χ3n) is 5.05. The predicted molar refractivity (Wildman–Crippen MR) is 103 cm³/mol. The fourth-order valence-electron chi connectivity index (χ4n) is 3.95. The first-order valence-corrected chi connectivity index (χ1v) is 8.36. The number of rotatable bonds is 0. The second-order valence-corrected chi connectivity index (χ2v) is 6.41. The molecule has 0 saturated carbocycles. The lowest BCUT2D eigenvalue weighted by atomic mass is 9.98. The highest BCUT2D eigenvalue weighted by Crippen LogP contribution is 2.35. The van der Waals surface area contributed by atoms with Gasteiger partial charge in [0.05, 0.1) is 22.7 Å². The molecule has 3 nitrogen and oxygen atoms in total. The van der Waals surface area contributed by atoms with Gasteiger partial charge in [-0.3, -0.25) is 4.98 Å². The number of benzene rings is 3. The Morgan fingerprint density at radius 1 is 0.640 bits per heavy atom. The minimum atomic E-state index is 0.994. The number of nitrogens with zero attached hydrogens (tertiary/aromatic N) is 3. The molecule has 0 radical (unpaired) electrons. The van der Waals surface area contributed by atoms with E-state index in [-0.39, 0.29) is 0 Å². The molecule has 0 atom stereocenters. The molecular formula is C22H13N3. The zero-order valence-corrected chi connectivity index (χ0v) is 13.3. The monoisotopic (exact) mass is 319 g/mol. The summed E-state index contributed by atoms with van der Waals surface area (Å²) in [6.07, 6.45) is 3.69. The standard InChI is InChI=1S/C22H13N3/c1-2-5-15-13-18-16(12-14(15)4-1)7-8-19-21(18)17-6-3-10-23-22(17)20-9-11-24-25(19)20/h1-13H. The minimum Gasteiger partial charge on any atom is -0.254 e. The molecule has 3 aromatic heterocycles. The lowest BCUT2D eigenvalue weighted by Crippen LogP contribution is -1.94. The molecule has 3 aromatic carbocycles. The second-order valence-electron chi connectivity index (χ2n) is 6.41. The number of fused-ring (bicyclic) bond motifs is 9. The molecular weight excluding hydrogens is 306 g/mol. The van der Waals surface area contributed by atoms with E-state index < -0.39 is 0 Å². The Hall–Kier alpha value is -3.46. The van der Waals surface area contributed by atoms with E-state index in [4.69, 9.17) is 0 Å². The van der Waals surface area contributed by atoms with Gasteiger partial charge in [-0.15, -0.1) is 0 Å². The molecule has 0 spiro atoms. The van der Waals surface area contributed by atoms with Gasteiger partial charge in [0, 0.05) is 17.0 Å². The molecule has 6 rings (SSSR count). The van der Waals surface area contributed by atoms with Crippen molar-refractivity contribution >= 4 is 48.9 Å². The van der Waals surface area contributed by atoms with Crippen LogP contribution < -0.4 is 0 Å². The van der Waals surface area contributed by atoms with Crippen molar-refractivity contribution in [3.63, 3.8) is 0 Å². The highest BCUT2D eigenvalue weighted by molar-refractivity contribution is 6.22. The Morgan fingerprint density at radius 3 is 2.44 bits per heavy atom. The van der Waals surface area contributed by atoms with Crippen LogP contribution in [0, 0.1) is 0 Å². The van der Waals surface area contributed by atoms with E-state index in [0.29, 0.717) is 0 Å². The summed E-state index contributed by atoms with van der Waals surface area (Å²) in [4.78, 5) is 4.64. The maximum absolute atomic E-state index is 4.64. The summed E-state index contributed by atoms with van der Waals surface area (Å²) >= 11 is 0. The van der Waals surface area contributed by atoms with Gasteiger partial charge in [-0.2, -0.15) is 5.10 Å². The van der Waals surface area contributed by atoms with Gasteiger partial charge in [0.15, 0.2) is 0 Å². The van der Waals surface area contributed by atoms with Crippen LogP contribution in [0.1, 0.15) is 0 Å². The number of pyridine rings is 2. The fraction of sp³-hybridized carbons (Fsp3) is 0. The maximum atomic E-state index is 4.64. The molecule has 0 aliphatic carbocycles. The third-order valence-corrected chi connectivity index (χ3v) is 5.05. The molecule has 6 aromatic rings. The van der Waals surface area contributed by atoms with Crippen molar-refractivity contribution in [2.24, 2.45) is 0 Å². The maximum Gasteiger partial charge on any atom is 0.0966 e. The van der Waals surface area contributed by atoms with Crippen LogP contribution in [0.25, 0.3) is 48.9 Å². The minimum absolute atomic E-state index is 0.994. The molecule has 0 saturated heterocycles. The Bertz CT molecular complexity index is 1440. The summed E-state index contributed by atoms with van der Waals surface area (Å²) in [5, 5.41) is 11.9. The van der Waals surface area contributed by atoms with E-state index in [9.17, 15) is 0 Å². The zero-order valence-electron chi connectivity index (χ0n) is 13.3. The quantitative estimate of drug-likeness (QED) is 0.279. The number of hydrogen-bond acceptors (Lipinski definition) is 2. The Kier molecular flexibility index (Phi) is 2.35. The smallest absolute Gasteiger partial charge is 0.0966 e. The lowest BCUT2D eigenvalue weighted by Gasteiger charge is -2.11. The van der Waals surface area contributed by atoms with Crippen LogP contribution in [0.4, 0.5) is 0 Å². The summed E-state index contributed by atoms with van der Waals surface area (Å²) in [6.45, 7) is 0. The van der Waals surface area contributed by atoms with Crippen LogP contribution in [0.2, 0.25) is 0 Å². The molecule has 3 heterocycles. The van der Waals surface area contributed by atoms with E-state index in [1.165, 1.54) is 32.3 Å². The fourth-order valence-corrected chi connectivity index (χ4v) is 3.95. The molecule has 25 heavy (non-hydrogen) atoms. The van der Waals surface area contributed by atoms with Crippen molar-refractivity contribution in [2.45, 2.75) is 0 Å². The summed E-state index contributed by atoms with van der Waals surface area (Å²) in [5.74, 6) is 0.